The van der Waals surface area contributed by atoms with Crippen molar-refractivity contribution in [2.45, 2.75) is 257 Å². The van der Waals surface area contributed by atoms with Gasteiger partial charge in [0, 0.05) is 13.1 Å². The molecule has 6 heteroatoms. The number of aliphatic hydroxyl groups is 2. The average molecular weight is 757 g/mol. The third-order valence-corrected chi connectivity index (χ3v) is 11.2. The van der Waals surface area contributed by atoms with E-state index in [0.717, 1.165) is 36.8 Å². The molecule has 0 aromatic heterocycles. The van der Waals surface area contributed by atoms with Crippen LogP contribution in [-0.4, -0.2) is 34.2 Å². The molecule has 0 spiro atoms. The Kier molecular flexibility index (Phi) is 35.2. The molecule has 314 valence electrons. The van der Waals surface area contributed by atoms with Crippen LogP contribution in [0, 0.1) is 0 Å². The van der Waals surface area contributed by atoms with E-state index in [1.807, 2.05) is 24.3 Å². The highest BCUT2D eigenvalue weighted by atomic mass is 16.3. The Labute approximate surface area is 334 Å². The lowest BCUT2D eigenvalue weighted by Crippen LogP contribution is -2.34. The fraction of sp³-hybridized carbons (Fsp3) is 0.833. The second kappa shape index (κ2) is 38.0. The Morgan fingerprint density at radius 1 is 0.426 bits per heavy atom. The molecule has 4 N–H and O–H groups in total. The van der Waals surface area contributed by atoms with Crippen LogP contribution < -0.4 is 10.6 Å². The van der Waals surface area contributed by atoms with Crippen molar-refractivity contribution in [1.29, 1.82) is 0 Å². The van der Waals surface area contributed by atoms with Gasteiger partial charge in [-0.25, -0.2) is 0 Å². The molecular weight excluding hydrogens is 669 g/mol. The van der Waals surface area contributed by atoms with E-state index in [2.05, 4.69) is 24.5 Å². The van der Waals surface area contributed by atoms with Gasteiger partial charge in [-0.15, -0.1) is 0 Å². The van der Waals surface area contributed by atoms with Crippen molar-refractivity contribution in [3.63, 3.8) is 0 Å². The number of carbonyl (C=O) groups is 2. The normalized spacial score (nSPS) is 12.5. The van der Waals surface area contributed by atoms with E-state index in [0.29, 0.717) is 25.9 Å². The topological polar surface area (TPSA) is 98.7 Å². The summed E-state index contributed by atoms with van der Waals surface area (Å²) in [5.74, 6) is -0.654. The molecule has 54 heavy (non-hydrogen) atoms. The second-order valence-electron chi connectivity index (χ2n) is 16.5. The lowest BCUT2D eigenvalue weighted by molar-refractivity contribution is -0.130. The first-order valence-electron chi connectivity index (χ1n) is 23.5. The van der Waals surface area contributed by atoms with Crippen molar-refractivity contribution in [3.8, 4) is 0 Å². The summed E-state index contributed by atoms with van der Waals surface area (Å²) in [6.45, 7) is 5.21. The Bertz CT molecular complexity index is 912. The van der Waals surface area contributed by atoms with E-state index < -0.39 is 12.2 Å². The quantitative estimate of drug-likeness (QED) is 0.0501. The van der Waals surface area contributed by atoms with Crippen LogP contribution in [0.5, 0.6) is 0 Å². The van der Waals surface area contributed by atoms with E-state index in [1.54, 1.807) is 0 Å². The molecule has 6 nitrogen and oxygen atoms in total. The van der Waals surface area contributed by atoms with E-state index in [9.17, 15) is 19.8 Å². The maximum Gasteiger partial charge on any atom is 0.249 e. The molecule has 2 unspecified atom stereocenters. The molecule has 0 saturated carbocycles. The predicted molar refractivity (Wildman–Crippen MR) is 230 cm³/mol. The minimum atomic E-state index is -0.977. The van der Waals surface area contributed by atoms with Crippen LogP contribution in [0.3, 0.4) is 0 Å². The van der Waals surface area contributed by atoms with Crippen molar-refractivity contribution in [1.82, 2.24) is 10.6 Å². The van der Waals surface area contributed by atoms with Gasteiger partial charge < -0.3 is 20.8 Å². The van der Waals surface area contributed by atoms with Gasteiger partial charge in [-0.2, -0.15) is 0 Å². The molecule has 0 aliphatic rings. The largest absolute Gasteiger partial charge is 0.383 e. The summed E-state index contributed by atoms with van der Waals surface area (Å²) in [7, 11) is 0. The number of hydrogen-bond donors (Lipinski definition) is 4. The highest BCUT2D eigenvalue weighted by molar-refractivity contribution is 5.80. The van der Waals surface area contributed by atoms with E-state index in [1.165, 1.54) is 180 Å². The summed E-state index contributed by atoms with van der Waals surface area (Å²) < 4.78 is 0. The lowest BCUT2D eigenvalue weighted by Gasteiger charge is -2.13. The van der Waals surface area contributed by atoms with Crippen LogP contribution in [0.4, 0.5) is 0 Å². The molecule has 0 aliphatic carbocycles. The highest BCUT2D eigenvalue weighted by Gasteiger charge is 2.15. The first-order valence-corrected chi connectivity index (χ1v) is 23.5. The number of amides is 2. The number of rotatable bonds is 40. The minimum Gasteiger partial charge on any atom is -0.383 e. The van der Waals surface area contributed by atoms with Crippen molar-refractivity contribution in [2.75, 3.05) is 0 Å². The SMILES string of the molecule is CCCCCCCCCCCCCCCCCCC(O)C(=O)NCc1cccc(CNC(=O)C(O)CCCCCCCCCCCCCCCCCC)c1. The maximum atomic E-state index is 12.5. The summed E-state index contributed by atoms with van der Waals surface area (Å²) in [5, 5.41) is 26.5. The van der Waals surface area contributed by atoms with Crippen LogP contribution in [0.1, 0.15) is 243 Å². The van der Waals surface area contributed by atoms with Gasteiger partial charge in [0.05, 0.1) is 0 Å². The van der Waals surface area contributed by atoms with Gasteiger partial charge in [0.1, 0.15) is 12.2 Å². The molecule has 0 radical (unpaired) electrons. The Morgan fingerprint density at radius 3 is 0.926 bits per heavy atom. The molecule has 0 fully saturated rings. The van der Waals surface area contributed by atoms with Crippen LogP contribution in [0.15, 0.2) is 24.3 Å². The standard InChI is InChI=1S/C48H88N2O4/c1-3-5-7-9-11-13-15-17-19-21-23-25-27-29-31-33-38-45(51)47(53)49-41-43-36-35-37-44(40-43)42-50-48(54)46(52)39-34-32-30-28-26-24-22-20-18-16-14-12-10-8-6-4-2/h35-37,40,45-46,51-52H,3-34,38-39,41-42H2,1-2H3,(H,49,53)(H,50,54). The molecule has 1 aromatic rings. The van der Waals surface area contributed by atoms with Crippen LogP contribution in [0.25, 0.3) is 0 Å². The third kappa shape index (κ3) is 31.3. The van der Waals surface area contributed by atoms with E-state index in [-0.39, 0.29) is 11.8 Å². The molecule has 0 bridgehead atoms. The van der Waals surface area contributed by atoms with Gasteiger partial charge in [0.25, 0.3) is 0 Å². The number of hydrogen-bond acceptors (Lipinski definition) is 4. The molecule has 1 aromatic carbocycles. The van der Waals surface area contributed by atoms with Gasteiger partial charge in [-0.1, -0.05) is 244 Å². The minimum absolute atomic E-state index is 0.327. The van der Waals surface area contributed by atoms with Gasteiger partial charge in [0.2, 0.25) is 11.8 Å². The third-order valence-electron chi connectivity index (χ3n) is 11.2. The Hall–Kier alpha value is -1.92. The summed E-state index contributed by atoms with van der Waals surface area (Å²) in [4.78, 5) is 25.0. The maximum absolute atomic E-state index is 12.5. The van der Waals surface area contributed by atoms with Crippen LogP contribution >= 0.6 is 0 Å². The number of aliphatic hydroxyl groups excluding tert-OH is 2. The van der Waals surface area contributed by atoms with Gasteiger partial charge >= 0.3 is 0 Å². The summed E-state index contributed by atoms with van der Waals surface area (Å²) >= 11 is 0. The predicted octanol–water partition coefficient (Wildman–Crippen LogP) is 12.9. The van der Waals surface area contributed by atoms with Gasteiger partial charge in [-0.3, -0.25) is 9.59 Å². The summed E-state index contributed by atoms with van der Waals surface area (Å²) in [6, 6.07) is 7.72. The monoisotopic (exact) mass is 757 g/mol. The van der Waals surface area contributed by atoms with Crippen LogP contribution in [-0.2, 0) is 22.7 Å². The fourth-order valence-corrected chi connectivity index (χ4v) is 7.50. The van der Waals surface area contributed by atoms with E-state index >= 15 is 0 Å². The molecule has 1 rings (SSSR count). The Morgan fingerprint density at radius 2 is 0.667 bits per heavy atom. The summed E-state index contributed by atoms with van der Waals surface area (Å²) in [6.07, 6.45) is 40.8. The first kappa shape index (κ1) is 50.1. The number of carbonyl (C=O) groups excluding carboxylic acids is 2. The smallest absolute Gasteiger partial charge is 0.249 e. The van der Waals surface area contributed by atoms with E-state index in [4.69, 9.17) is 0 Å². The van der Waals surface area contributed by atoms with Gasteiger partial charge in [0.15, 0.2) is 0 Å². The van der Waals surface area contributed by atoms with Crippen molar-refractivity contribution >= 4 is 11.8 Å². The second-order valence-corrected chi connectivity index (χ2v) is 16.5. The Balaban J connectivity index is 2.01. The molecule has 0 saturated heterocycles. The zero-order valence-corrected chi connectivity index (χ0v) is 35.6. The van der Waals surface area contributed by atoms with Crippen molar-refractivity contribution < 1.29 is 19.8 Å². The molecule has 0 heterocycles. The zero-order chi connectivity index (χ0) is 39.2. The highest BCUT2D eigenvalue weighted by Crippen LogP contribution is 2.16. The zero-order valence-electron chi connectivity index (χ0n) is 35.6. The van der Waals surface area contributed by atoms with Crippen molar-refractivity contribution in [3.05, 3.63) is 35.4 Å². The van der Waals surface area contributed by atoms with Gasteiger partial charge in [-0.05, 0) is 24.0 Å². The van der Waals surface area contributed by atoms with Crippen LogP contribution in [0.2, 0.25) is 0 Å². The lowest BCUT2D eigenvalue weighted by atomic mass is 10.0. The molecule has 2 amide bonds. The number of benzene rings is 1. The molecule has 2 atom stereocenters. The summed E-state index contributed by atoms with van der Waals surface area (Å²) in [5.41, 5.74) is 1.83. The fourth-order valence-electron chi connectivity index (χ4n) is 7.50. The molecule has 0 aliphatic heterocycles. The number of nitrogens with one attached hydrogen (secondary N) is 2. The first-order chi connectivity index (χ1) is 26.5. The number of unbranched alkanes of at least 4 members (excludes halogenated alkanes) is 30. The molecular formula is C48H88N2O4. The van der Waals surface area contributed by atoms with Crippen molar-refractivity contribution in [2.24, 2.45) is 0 Å². The average Bonchev–Trinajstić information content (AvgIpc) is 3.18.